The van der Waals surface area contributed by atoms with Crippen LogP contribution in [-0.4, -0.2) is 51.8 Å². The second-order valence-corrected chi connectivity index (χ2v) is 11.0. The second kappa shape index (κ2) is 7.38. The Labute approximate surface area is 154 Å². The van der Waals surface area contributed by atoms with Crippen molar-refractivity contribution in [3.05, 3.63) is 29.8 Å². The van der Waals surface area contributed by atoms with Gasteiger partial charge in [0.2, 0.25) is 20.0 Å². The van der Waals surface area contributed by atoms with Crippen LogP contribution in [-0.2, 0) is 20.0 Å². The molecule has 1 heterocycles. The number of carbonyl (C=O) groups is 1. The maximum absolute atomic E-state index is 12.4. The van der Waals surface area contributed by atoms with Crippen molar-refractivity contribution >= 4 is 25.8 Å². The highest BCUT2D eigenvalue weighted by Crippen LogP contribution is 2.33. The van der Waals surface area contributed by atoms with E-state index < -0.39 is 20.0 Å². The number of rotatable bonds is 7. The van der Waals surface area contributed by atoms with Crippen molar-refractivity contribution in [1.29, 1.82) is 0 Å². The molecule has 0 bridgehead atoms. The normalized spacial score (nSPS) is 20.2. The van der Waals surface area contributed by atoms with Gasteiger partial charge >= 0.3 is 0 Å². The Morgan fingerprint density at radius 2 is 1.62 bits per heavy atom. The zero-order chi connectivity index (χ0) is 18.9. The van der Waals surface area contributed by atoms with E-state index in [0.717, 1.165) is 12.8 Å². The van der Waals surface area contributed by atoms with Gasteiger partial charge < -0.3 is 0 Å². The van der Waals surface area contributed by atoms with Crippen LogP contribution in [0.4, 0.5) is 0 Å². The van der Waals surface area contributed by atoms with Crippen LogP contribution >= 0.6 is 0 Å². The van der Waals surface area contributed by atoms with Gasteiger partial charge in [0.05, 0.1) is 10.1 Å². The van der Waals surface area contributed by atoms with Crippen LogP contribution in [0.3, 0.4) is 0 Å². The summed E-state index contributed by atoms with van der Waals surface area (Å²) < 4.78 is 53.3. The average molecular weight is 401 g/mol. The minimum absolute atomic E-state index is 0.116. The van der Waals surface area contributed by atoms with E-state index in [2.05, 4.69) is 4.72 Å². The quantitative estimate of drug-likeness (QED) is 0.697. The highest BCUT2D eigenvalue weighted by atomic mass is 32.2. The fraction of sp³-hybridized carbons (Fsp3) is 0.588. The first-order chi connectivity index (χ1) is 12.2. The van der Waals surface area contributed by atoms with Gasteiger partial charge in [0.15, 0.2) is 5.78 Å². The van der Waals surface area contributed by atoms with Gasteiger partial charge in [-0.25, -0.2) is 25.9 Å². The third-order valence-corrected chi connectivity index (χ3v) is 8.85. The molecule has 1 aromatic carbocycles. The zero-order valence-corrected chi connectivity index (χ0v) is 16.4. The summed E-state index contributed by atoms with van der Waals surface area (Å²) >= 11 is 0. The van der Waals surface area contributed by atoms with E-state index in [1.165, 1.54) is 31.2 Å². The minimum atomic E-state index is -3.64. The summed E-state index contributed by atoms with van der Waals surface area (Å²) in [6, 6.07) is 5.84. The molecule has 0 radical (unpaired) electrons. The van der Waals surface area contributed by atoms with E-state index in [0.29, 0.717) is 31.5 Å². The molecule has 0 atom stereocenters. The van der Waals surface area contributed by atoms with Crippen LogP contribution in [0.2, 0.25) is 0 Å². The minimum Gasteiger partial charge on any atom is -0.295 e. The van der Waals surface area contributed by atoms with E-state index in [9.17, 15) is 21.6 Å². The SMILES string of the molecule is CC(=O)c1ccc(S(=O)(=O)NCC2CCN(S(=O)(=O)C3CC3)CC2)cc1. The van der Waals surface area contributed by atoms with Crippen molar-refractivity contribution < 1.29 is 21.6 Å². The van der Waals surface area contributed by atoms with Crippen LogP contribution in [0.15, 0.2) is 29.2 Å². The molecule has 0 spiro atoms. The molecule has 2 aliphatic rings. The lowest BCUT2D eigenvalue weighted by Crippen LogP contribution is -2.42. The molecule has 0 amide bonds. The number of hydrogen-bond donors (Lipinski definition) is 1. The number of nitrogens with one attached hydrogen (secondary N) is 1. The first-order valence-corrected chi connectivity index (χ1v) is 11.8. The monoisotopic (exact) mass is 400 g/mol. The first kappa shape index (κ1) is 19.5. The second-order valence-electron chi connectivity index (χ2n) is 7.02. The highest BCUT2D eigenvalue weighted by Gasteiger charge is 2.41. The lowest BCUT2D eigenvalue weighted by molar-refractivity contribution is 0.101. The molecule has 1 aliphatic carbocycles. The molecule has 1 aromatic rings. The van der Waals surface area contributed by atoms with Gasteiger partial charge in [0.25, 0.3) is 0 Å². The number of piperidine rings is 1. The van der Waals surface area contributed by atoms with Crippen LogP contribution in [0.25, 0.3) is 0 Å². The summed E-state index contributed by atoms with van der Waals surface area (Å²) in [4.78, 5) is 11.4. The first-order valence-electron chi connectivity index (χ1n) is 8.80. The maximum atomic E-state index is 12.4. The van der Waals surface area contributed by atoms with E-state index in [1.807, 2.05) is 0 Å². The Morgan fingerprint density at radius 1 is 1.04 bits per heavy atom. The van der Waals surface area contributed by atoms with Crippen LogP contribution in [0.1, 0.15) is 43.0 Å². The smallest absolute Gasteiger partial charge is 0.240 e. The van der Waals surface area contributed by atoms with Gasteiger partial charge in [-0.2, -0.15) is 0 Å². The molecule has 0 unspecified atom stereocenters. The lowest BCUT2D eigenvalue weighted by atomic mass is 9.99. The summed E-state index contributed by atoms with van der Waals surface area (Å²) in [7, 11) is -6.78. The number of hydrogen-bond acceptors (Lipinski definition) is 5. The number of carbonyl (C=O) groups excluding carboxylic acids is 1. The molecule has 1 saturated carbocycles. The van der Waals surface area contributed by atoms with Crippen molar-refractivity contribution in [2.24, 2.45) is 5.92 Å². The summed E-state index contributed by atoms with van der Waals surface area (Å²) in [6.07, 6.45) is 2.81. The molecule has 2 fully saturated rings. The van der Waals surface area contributed by atoms with Crippen LogP contribution in [0.5, 0.6) is 0 Å². The maximum Gasteiger partial charge on any atom is 0.240 e. The number of Topliss-reactive ketones (excluding diaryl/α,β-unsaturated/α-hetero) is 1. The summed E-state index contributed by atoms with van der Waals surface area (Å²) in [5.41, 5.74) is 0.466. The highest BCUT2D eigenvalue weighted by molar-refractivity contribution is 7.90. The molecule has 9 heteroatoms. The van der Waals surface area contributed by atoms with E-state index >= 15 is 0 Å². The fourth-order valence-corrected chi connectivity index (χ4v) is 6.11. The Bertz CT molecular complexity index is 866. The number of ketones is 1. The van der Waals surface area contributed by atoms with Crippen molar-refractivity contribution in [2.45, 2.75) is 42.8 Å². The third-order valence-electron chi connectivity index (χ3n) is 5.01. The number of benzene rings is 1. The molecule has 1 saturated heterocycles. The van der Waals surface area contributed by atoms with Crippen molar-refractivity contribution in [1.82, 2.24) is 9.03 Å². The van der Waals surface area contributed by atoms with Crippen LogP contribution < -0.4 is 4.72 Å². The third kappa shape index (κ3) is 4.33. The van der Waals surface area contributed by atoms with Crippen molar-refractivity contribution in [2.75, 3.05) is 19.6 Å². The van der Waals surface area contributed by atoms with E-state index in [1.54, 1.807) is 4.31 Å². The lowest BCUT2D eigenvalue weighted by Gasteiger charge is -2.31. The standard InChI is InChI=1S/C17H24N2O5S2/c1-13(20)15-2-4-16(5-3-15)25(21,22)18-12-14-8-10-19(11-9-14)26(23,24)17-6-7-17/h2-5,14,17-18H,6-12H2,1H3. The Balaban J connectivity index is 1.53. The van der Waals surface area contributed by atoms with E-state index in [4.69, 9.17) is 0 Å². The van der Waals surface area contributed by atoms with Crippen LogP contribution in [0, 0.1) is 5.92 Å². The fourth-order valence-electron chi connectivity index (χ4n) is 3.12. The molecule has 0 aromatic heterocycles. The Kier molecular flexibility index (Phi) is 5.53. The topological polar surface area (TPSA) is 101 Å². The van der Waals surface area contributed by atoms with Gasteiger partial charge in [0, 0.05) is 25.2 Å². The largest absolute Gasteiger partial charge is 0.295 e. The van der Waals surface area contributed by atoms with Gasteiger partial charge in [0.1, 0.15) is 0 Å². The number of sulfonamides is 2. The molecule has 1 aliphatic heterocycles. The van der Waals surface area contributed by atoms with Gasteiger partial charge in [-0.15, -0.1) is 0 Å². The molecular weight excluding hydrogens is 376 g/mol. The average Bonchev–Trinajstić information content (AvgIpc) is 3.46. The molecular formula is C17H24N2O5S2. The molecule has 144 valence electrons. The predicted molar refractivity (Wildman–Crippen MR) is 97.9 cm³/mol. The predicted octanol–water partition coefficient (Wildman–Crippen LogP) is 1.37. The summed E-state index contributed by atoms with van der Waals surface area (Å²) in [5.74, 6) is 0.00161. The molecule has 3 rings (SSSR count). The zero-order valence-electron chi connectivity index (χ0n) is 14.7. The van der Waals surface area contributed by atoms with Gasteiger partial charge in [-0.3, -0.25) is 4.79 Å². The van der Waals surface area contributed by atoms with E-state index in [-0.39, 0.29) is 28.4 Å². The number of nitrogens with zero attached hydrogens (tertiary/aromatic N) is 1. The molecule has 7 nitrogen and oxygen atoms in total. The summed E-state index contributed by atoms with van der Waals surface area (Å²) in [5, 5.41) is -0.199. The van der Waals surface area contributed by atoms with Gasteiger partial charge in [-0.05, 0) is 50.7 Å². The van der Waals surface area contributed by atoms with Crippen molar-refractivity contribution in [3.63, 3.8) is 0 Å². The van der Waals surface area contributed by atoms with Gasteiger partial charge in [-0.1, -0.05) is 12.1 Å². The Hall–Kier alpha value is -1.29. The summed E-state index contributed by atoms with van der Waals surface area (Å²) in [6.45, 7) is 2.63. The molecule has 26 heavy (non-hydrogen) atoms. The van der Waals surface area contributed by atoms with Crippen molar-refractivity contribution in [3.8, 4) is 0 Å². The molecule has 1 N–H and O–H groups in total. The Morgan fingerprint density at radius 3 is 2.12 bits per heavy atom.